The van der Waals surface area contributed by atoms with Crippen LogP contribution in [0.1, 0.15) is 40.0 Å². The van der Waals surface area contributed by atoms with Gasteiger partial charge in [-0.2, -0.15) is 0 Å². The highest BCUT2D eigenvalue weighted by Crippen LogP contribution is 2.30. The lowest BCUT2D eigenvalue weighted by atomic mass is 9.85. The number of likely N-dealkylation sites (tertiary alicyclic amines) is 1. The second-order valence-electron chi connectivity index (χ2n) is 5.55. The summed E-state index contributed by atoms with van der Waals surface area (Å²) >= 11 is 0. The van der Waals surface area contributed by atoms with Crippen molar-refractivity contribution in [2.24, 2.45) is 5.41 Å². The summed E-state index contributed by atoms with van der Waals surface area (Å²) in [5.74, 6) is -0.306. The molecule has 1 rings (SSSR count). The Labute approximate surface area is 109 Å². The van der Waals surface area contributed by atoms with Gasteiger partial charge in [0.25, 0.3) is 0 Å². The average molecular weight is 253 g/mol. The molecule has 0 saturated carbocycles. The summed E-state index contributed by atoms with van der Waals surface area (Å²) in [6, 6.07) is 0. The molecule has 0 atom stereocenters. The van der Waals surface area contributed by atoms with E-state index in [2.05, 4.69) is 20.4 Å². The average Bonchev–Trinajstić information content (AvgIpc) is 2.42. The van der Waals surface area contributed by atoms with Gasteiger partial charge in [0.2, 0.25) is 5.91 Å². The first-order chi connectivity index (χ1) is 8.35. The topological polar surface area (TPSA) is 46.6 Å². The molecule has 1 saturated heterocycles. The maximum absolute atomic E-state index is 12.0. The van der Waals surface area contributed by atoms with Crippen LogP contribution in [0.3, 0.4) is 0 Å². The van der Waals surface area contributed by atoms with Crippen LogP contribution in [-0.4, -0.2) is 36.5 Å². The van der Waals surface area contributed by atoms with E-state index in [1.165, 1.54) is 0 Å². The number of rotatable bonds is 4. The van der Waals surface area contributed by atoms with Gasteiger partial charge < -0.3 is 9.64 Å². The Kier molecular flexibility index (Phi) is 4.93. The smallest absolute Gasteiger partial charge is 0.335 e. The molecule has 1 heterocycles. The van der Waals surface area contributed by atoms with Crippen LogP contribution in [0.2, 0.25) is 0 Å². The first-order valence-corrected chi connectivity index (χ1v) is 6.48. The predicted octanol–water partition coefficient (Wildman–Crippen LogP) is 2.14. The Bertz CT molecular complexity index is 347. The Balaban J connectivity index is 2.58. The van der Waals surface area contributed by atoms with Crippen LogP contribution in [0.25, 0.3) is 0 Å². The summed E-state index contributed by atoms with van der Waals surface area (Å²) in [6.07, 6.45) is 2.40. The molecule has 102 valence electrons. The first-order valence-electron chi connectivity index (χ1n) is 6.48. The van der Waals surface area contributed by atoms with Crippen LogP contribution in [-0.2, 0) is 14.3 Å². The number of amides is 1. The number of carbonyl (C=O) groups is 2. The van der Waals surface area contributed by atoms with E-state index in [4.69, 9.17) is 4.74 Å². The minimum absolute atomic E-state index is 0.103. The van der Waals surface area contributed by atoms with Gasteiger partial charge in [0, 0.05) is 18.5 Å². The standard InChI is InChI=1S/C14H23NO3/c1-5-18-13(17)11(2)10-15-9-8-14(3,4)7-6-12(15)16/h2,5-10H2,1,3-4H3. The largest absolute Gasteiger partial charge is 0.463 e. The van der Waals surface area contributed by atoms with Gasteiger partial charge in [-0.3, -0.25) is 4.79 Å². The van der Waals surface area contributed by atoms with Crippen LogP contribution >= 0.6 is 0 Å². The molecule has 1 aliphatic heterocycles. The molecule has 1 amide bonds. The Morgan fingerprint density at radius 2 is 2.11 bits per heavy atom. The zero-order chi connectivity index (χ0) is 13.8. The maximum atomic E-state index is 12.0. The molecule has 0 aliphatic carbocycles. The van der Waals surface area contributed by atoms with E-state index < -0.39 is 5.97 Å². The molecule has 0 spiro atoms. The van der Waals surface area contributed by atoms with Gasteiger partial charge in [0.15, 0.2) is 0 Å². The van der Waals surface area contributed by atoms with Gasteiger partial charge in [-0.1, -0.05) is 20.4 Å². The molecule has 0 N–H and O–H groups in total. The highest BCUT2D eigenvalue weighted by Gasteiger charge is 2.28. The summed E-state index contributed by atoms with van der Waals surface area (Å²) in [4.78, 5) is 25.1. The molecule has 0 aromatic carbocycles. The van der Waals surface area contributed by atoms with Crippen molar-refractivity contribution in [3.63, 3.8) is 0 Å². The molecule has 0 aromatic heterocycles. The Morgan fingerprint density at radius 1 is 1.44 bits per heavy atom. The number of hydrogen-bond donors (Lipinski definition) is 0. The molecule has 1 fully saturated rings. The molecule has 4 nitrogen and oxygen atoms in total. The number of esters is 1. The molecule has 1 aliphatic rings. The van der Waals surface area contributed by atoms with E-state index in [1.54, 1.807) is 11.8 Å². The van der Waals surface area contributed by atoms with Crippen LogP contribution in [0.15, 0.2) is 12.2 Å². The number of ether oxygens (including phenoxy) is 1. The second-order valence-corrected chi connectivity index (χ2v) is 5.55. The molecular weight excluding hydrogens is 230 g/mol. The third-order valence-corrected chi connectivity index (χ3v) is 3.37. The maximum Gasteiger partial charge on any atom is 0.335 e. The van der Waals surface area contributed by atoms with E-state index in [9.17, 15) is 9.59 Å². The van der Waals surface area contributed by atoms with Gasteiger partial charge in [0.05, 0.1) is 13.2 Å². The fourth-order valence-corrected chi connectivity index (χ4v) is 1.99. The Morgan fingerprint density at radius 3 is 2.72 bits per heavy atom. The lowest BCUT2D eigenvalue weighted by molar-refractivity contribution is -0.139. The quantitative estimate of drug-likeness (QED) is 0.569. The molecule has 4 heteroatoms. The normalized spacial score (nSPS) is 19.3. The van der Waals surface area contributed by atoms with Crippen molar-refractivity contribution in [2.75, 3.05) is 19.7 Å². The fraction of sp³-hybridized carbons (Fsp3) is 0.714. The van der Waals surface area contributed by atoms with Gasteiger partial charge in [-0.15, -0.1) is 0 Å². The molecule has 0 bridgehead atoms. The van der Waals surface area contributed by atoms with E-state index >= 15 is 0 Å². The highest BCUT2D eigenvalue weighted by atomic mass is 16.5. The van der Waals surface area contributed by atoms with Gasteiger partial charge in [-0.05, 0) is 25.2 Å². The second kappa shape index (κ2) is 6.03. The predicted molar refractivity (Wildman–Crippen MR) is 70.0 cm³/mol. The van der Waals surface area contributed by atoms with E-state index in [0.29, 0.717) is 25.1 Å². The van der Waals surface area contributed by atoms with Crippen molar-refractivity contribution in [3.8, 4) is 0 Å². The van der Waals surface area contributed by atoms with E-state index in [1.807, 2.05) is 0 Å². The van der Waals surface area contributed by atoms with Crippen molar-refractivity contribution in [1.29, 1.82) is 0 Å². The van der Waals surface area contributed by atoms with Crippen LogP contribution < -0.4 is 0 Å². The summed E-state index contributed by atoms with van der Waals surface area (Å²) in [5, 5.41) is 0. The summed E-state index contributed by atoms with van der Waals surface area (Å²) in [5.41, 5.74) is 0.542. The van der Waals surface area contributed by atoms with Crippen LogP contribution in [0, 0.1) is 5.41 Å². The van der Waals surface area contributed by atoms with Crippen LogP contribution in [0.4, 0.5) is 0 Å². The van der Waals surface area contributed by atoms with Crippen LogP contribution in [0.5, 0.6) is 0 Å². The van der Waals surface area contributed by atoms with E-state index in [0.717, 1.165) is 12.8 Å². The summed E-state index contributed by atoms with van der Waals surface area (Å²) in [7, 11) is 0. The lowest BCUT2D eigenvalue weighted by Gasteiger charge is -2.23. The van der Waals surface area contributed by atoms with Gasteiger partial charge in [0.1, 0.15) is 0 Å². The molecular formula is C14H23NO3. The van der Waals surface area contributed by atoms with Crippen molar-refractivity contribution >= 4 is 11.9 Å². The minimum atomic E-state index is -0.409. The van der Waals surface area contributed by atoms with Crippen molar-refractivity contribution in [1.82, 2.24) is 4.90 Å². The zero-order valence-corrected chi connectivity index (χ0v) is 11.6. The third kappa shape index (κ3) is 4.17. The summed E-state index contributed by atoms with van der Waals surface area (Å²) in [6.45, 7) is 11.1. The zero-order valence-electron chi connectivity index (χ0n) is 11.6. The number of carbonyl (C=O) groups excluding carboxylic acids is 2. The lowest BCUT2D eigenvalue weighted by Crippen LogP contribution is -2.34. The monoisotopic (exact) mass is 253 g/mol. The number of nitrogens with zero attached hydrogens (tertiary/aromatic N) is 1. The Hall–Kier alpha value is -1.32. The molecule has 0 aromatic rings. The van der Waals surface area contributed by atoms with Gasteiger partial charge >= 0.3 is 5.97 Å². The van der Waals surface area contributed by atoms with Crippen molar-refractivity contribution < 1.29 is 14.3 Å². The summed E-state index contributed by atoms with van der Waals surface area (Å²) < 4.78 is 4.88. The third-order valence-electron chi connectivity index (χ3n) is 3.37. The van der Waals surface area contributed by atoms with Crippen molar-refractivity contribution in [3.05, 3.63) is 12.2 Å². The molecule has 0 unspecified atom stereocenters. The molecule has 18 heavy (non-hydrogen) atoms. The molecule has 0 radical (unpaired) electrons. The van der Waals surface area contributed by atoms with Gasteiger partial charge in [-0.25, -0.2) is 4.79 Å². The first kappa shape index (κ1) is 14.7. The minimum Gasteiger partial charge on any atom is -0.463 e. The number of hydrogen-bond acceptors (Lipinski definition) is 3. The fourth-order valence-electron chi connectivity index (χ4n) is 1.99. The van der Waals surface area contributed by atoms with Crippen molar-refractivity contribution in [2.45, 2.75) is 40.0 Å². The highest BCUT2D eigenvalue weighted by molar-refractivity contribution is 5.89. The van der Waals surface area contributed by atoms with E-state index in [-0.39, 0.29) is 17.9 Å². The SMILES string of the molecule is C=C(CN1CCC(C)(C)CCC1=O)C(=O)OCC.